The van der Waals surface area contributed by atoms with Crippen molar-refractivity contribution in [1.29, 1.82) is 0 Å². The average molecular weight is 365 g/mol. The van der Waals surface area contributed by atoms with Crippen LogP contribution in [0.2, 0.25) is 0 Å². The number of carbonyl (C=O) groups excluding carboxylic acids is 1. The van der Waals surface area contributed by atoms with E-state index in [0.29, 0.717) is 23.1 Å². The second-order valence-corrected chi connectivity index (χ2v) is 6.02. The molecule has 0 saturated carbocycles. The summed E-state index contributed by atoms with van der Waals surface area (Å²) in [4.78, 5) is 19.6. The fraction of sp³-hybridized carbons (Fsp3) is 0.250. The number of H-pyrrole nitrogens is 1. The minimum Gasteiger partial charge on any atom is -0.368 e. The van der Waals surface area contributed by atoms with Gasteiger partial charge in [-0.05, 0) is 34.1 Å². The number of pyridine rings is 1. The number of hydrogen-bond acceptors (Lipinski definition) is 2. The van der Waals surface area contributed by atoms with Crippen molar-refractivity contribution in [3.8, 4) is 0 Å². The van der Waals surface area contributed by atoms with E-state index in [1.54, 1.807) is 0 Å². The van der Waals surface area contributed by atoms with Crippen LogP contribution >= 0.6 is 15.9 Å². The smallest absolute Gasteiger partial charge is 0.255 e. The van der Waals surface area contributed by atoms with Crippen molar-refractivity contribution in [1.82, 2.24) is 4.90 Å². The summed E-state index contributed by atoms with van der Waals surface area (Å²) in [6.07, 6.45) is 3.78. The summed E-state index contributed by atoms with van der Waals surface area (Å²) in [6, 6.07) is 8.21. The molecule has 1 aromatic heterocycles. The highest BCUT2D eigenvalue weighted by molar-refractivity contribution is 9.10. The lowest BCUT2D eigenvalue weighted by Gasteiger charge is -2.36. The Morgan fingerprint density at radius 1 is 1.09 bits per heavy atom. The van der Waals surface area contributed by atoms with Crippen molar-refractivity contribution in [2.24, 2.45) is 0 Å². The molecule has 4 nitrogen and oxygen atoms in total. The molecule has 0 unspecified atom stereocenters. The predicted octanol–water partition coefficient (Wildman–Crippen LogP) is 2.36. The molecule has 1 fully saturated rings. The molecule has 114 valence electrons. The zero-order chi connectivity index (χ0) is 15.5. The van der Waals surface area contributed by atoms with Gasteiger partial charge in [0.1, 0.15) is 5.82 Å². The highest BCUT2D eigenvalue weighted by atomic mass is 79.9. The van der Waals surface area contributed by atoms with Crippen LogP contribution in [-0.2, 0) is 0 Å². The lowest BCUT2D eigenvalue weighted by molar-refractivity contribution is -0.377. The number of aromatic nitrogens is 1. The number of nitrogens with one attached hydrogen (secondary N) is 1. The molecule has 2 aromatic rings. The second-order valence-electron chi connectivity index (χ2n) is 5.16. The summed E-state index contributed by atoms with van der Waals surface area (Å²) >= 11 is 3.26. The van der Waals surface area contributed by atoms with Gasteiger partial charge in [0.25, 0.3) is 5.91 Å². The van der Waals surface area contributed by atoms with E-state index in [4.69, 9.17) is 0 Å². The van der Waals surface area contributed by atoms with Gasteiger partial charge in [-0.2, -0.15) is 0 Å². The quantitative estimate of drug-likeness (QED) is 0.820. The molecule has 0 radical (unpaired) electrons. The van der Waals surface area contributed by atoms with Gasteiger partial charge < -0.3 is 9.80 Å². The van der Waals surface area contributed by atoms with Crippen molar-refractivity contribution in [3.05, 3.63) is 58.6 Å². The number of hydrogen-bond donors (Lipinski definition) is 0. The molecule has 1 aliphatic heterocycles. The summed E-state index contributed by atoms with van der Waals surface area (Å²) in [5.74, 6) is -0.415. The zero-order valence-corrected chi connectivity index (χ0v) is 13.5. The number of piperazine rings is 1. The maximum Gasteiger partial charge on any atom is 0.255 e. The monoisotopic (exact) mass is 364 g/mol. The van der Waals surface area contributed by atoms with Crippen LogP contribution < -0.4 is 9.88 Å². The summed E-state index contributed by atoms with van der Waals surface area (Å²) in [6.45, 7) is 2.88. The highest BCUT2D eigenvalue weighted by Gasteiger charge is 2.23. The van der Waals surface area contributed by atoms with E-state index >= 15 is 0 Å². The third kappa shape index (κ3) is 3.11. The molecule has 1 N–H and O–H groups in total. The van der Waals surface area contributed by atoms with Crippen LogP contribution in [0.25, 0.3) is 0 Å². The first-order chi connectivity index (χ1) is 10.6. The van der Waals surface area contributed by atoms with Gasteiger partial charge in [0.15, 0.2) is 12.4 Å². The molecule has 1 saturated heterocycles. The standard InChI is InChI=1S/C16H15BrFN3O/c17-15-11-12(18)1-2-14(15)16(22)21-9-7-20(8-10-21)13-3-5-19-6-4-13/h1-6,11H,7-10H2/p+1. The molecule has 2 heterocycles. The van der Waals surface area contributed by atoms with Crippen molar-refractivity contribution in [3.63, 3.8) is 0 Å². The SMILES string of the molecule is O=C(c1ccc(F)cc1Br)N1CCN(c2cc[nH+]cc2)CC1. The zero-order valence-electron chi connectivity index (χ0n) is 11.9. The molecule has 22 heavy (non-hydrogen) atoms. The third-order valence-electron chi connectivity index (χ3n) is 3.79. The number of nitrogens with zero attached hydrogens (tertiary/aromatic N) is 2. The van der Waals surface area contributed by atoms with Gasteiger partial charge in [0.2, 0.25) is 0 Å². The number of aromatic amines is 1. The van der Waals surface area contributed by atoms with Gasteiger partial charge in [-0.25, -0.2) is 9.37 Å². The maximum atomic E-state index is 13.1. The van der Waals surface area contributed by atoms with E-state index in [2.05, 4.69) is 25.8 Å². The van der Waals surface area contributed by atoms with Crippen LogP contribution in [0.15, 0.2) is 47.2 Å². The fourth-order valence-corrected chi connectivity index (χ4v) is 3.11. The van der Waals surface area contributed by atoms with Crippen LogP contribution in [0.4, 0.5) is 10.1 Å². The van der Waals surface area contributed by atoms with Crippen molar-refractivity contribution in [2.45, 2.75) is 0 Å². The molecular weight excluding hydrogens is 349 g/mol. The Labute approximate surface area is 136 Å². The van der Waals surface area contributed by atoms with Gasteiger partial charge in [0, 0.05) is 48.5 Å². The molecule has 3 rings (SSSR count). The second kappa shape index (κ2) is 6.44. The van der Waals surface area contributed by atoms with E-state index in [-0.39, 0.29) is 11.7 Å². The number of anilines is 1. The summed E-state index contributed by atoms with van der Waals surface area (Å²) < 4.78 is 13.6. The van der Waals surface area contributed by atoms with E-state index in [1.165, 1.54) is 18.2 Å². The summed E-state index contributed by atoms with van der Waals surface area (Å²) in [5.41, 5.74) is 1.65. The van der Waals surface area contributed by atoms with Crippen molar-refractivity contribution >= 4 is 27.5 Å². The Morgan fingerprint density at radius 3 is 2.41 bits per heavy atom. The number of amides is 1. The molecule has 1 amide bonds. The molecule has 1 aromatic carbocycles. The van der Waals surface area contributed by atoms with Crippen LogP contribution in [0.3, 0.4) is 0 Å². The van der Waals surface area contributed by atoms with E-state index in [1.807, 2.05) is 29.4 Å². The van der Waals surface area contributed by atoms with Crippen LogP contribution in [0, 0.1) is 5.82 Å². The van der Waals surface area contributed by atoms with Gasteiger partial charge in [0.05, 0.1) is 5.56 Å². The van der Waals surface area contributed by atoms with E-state index < -0.39 is 0 Å². The van der Waals surface area contributed by atoms with Gasteiger partial charge in [-0.1, -0.05) is 0 Å². The molecular formula is C16H16BrFN3O+. The van der Waals surface area contributed by atoms with Gasteiger partial charge in [-0.15, -0.1) is 0 Å². The normalized spacial score (nSPS) is 15.0. The van der Waals surface area contributed by atoms with Crippen LogP contribution in [0.1, 0.15) is 10.4 Å². The van der Waals surface area contributed by atoms with Gasteiger partial charge >= 0.3 is 0 Å². The van der Waals surface area contributed by atoms with E-state index in [9.17, 15) is 9.18 Å². The minimum absolute atomic E-state index is 0.0621. The Morgan fingerprint density at radius 2 is 1.77 bits per heavy atom. The largest absolute Gasteiger partial charge is 0.368 e. The molecule has 0 atom stereocenters. The van der Waals surface area contributed by atoms with Crippen LogP contribution in [-0.4, -0.2) is 37.0 Å². The number of benzene rings is 1. The Bertz CT molecular complexity index is 672. The third-order valence-corrected chi connectivity index (χ3v) is 4.45. The molecule has 6 heteroatoms. The molecule has 0 bridgehead atoms. The minimum atomic E-state index is -0.353. The fourth-order valence-electron chi connectivity index (χ4n) is 2.59. The molecule has 0 spiro atoms. The Hall–Kier alpha value is -1.95. The Kier molecular flexibility index (Phi) is 4.38. The predicted molar refractivity (Wildman–Crippen MR) is 85.2 cm³/mol. The lowest BCUT2D eigenvalue weighted by atomic mass is 10.1. The highest BCUT2D eigenvalue weighted by Crippen LogP contribution is 2.21. The maximum absolute atomic E-state index is 13.1. The Balaban J connectivity index is 1.67. The van der Waals surface area contributed by atoms with E-state index in [0.717, 1.165) is 18.8 Å². The number of rotatable bonds is 2. The first kappa shape index (κ1) is 15.0. The number of halogens is 2. The first-order valence-corrected chi connectivity index (χ1v) is 7.90. The van der Waals surface area contributed by atoms with Crippen molar-refractivity contribution < 1.29 is 14.2 Å². The molecule has 1 aliphatic rings. The number of carbonyl (C=O) groups is 1. The van der Waals surface area contributed by atoms with Crippen LogP contribution in [0.5, 0.6) is 0 Å². The van der Waals surface area contributed by atoms with Gasteiger partial charge in [-0.3, -0.25) is 4.79 Å². The topological polar surface area (TPSA) is 37.7 Å². The summed E-state index contributed by atoms with van der Waals surface area (Å²) in [7, 11) is 0. The average Bonchev–Trinajstić information content (AvgIpc) is 2.55. The lowest BCUT2D eigenvalue weighted by Crippen LogP contribution is -2.48. The first-order valence-electron chi connectivity index (χ1n) is 7.10. The van der Waals surface area contributed by atoms with Crippen molar-refractivity contribution in [2.75, 3.05) is 31.1 Å². The molecule has 0 aliphatic carbocycles. The summed E-state index contributed by atoms with van der Waals surface area (Å²) in [5, 5.41) is 0.